The van der Waals surface area contributed by atoms with Crippen LogP contribution in [-0.2, 0) is 4.79 Å². The third-order valence-electron chi connectivity index (χ3n) is 5.62. The lowest BCUT2D eigenvalue weighted by atomic mass is 10.1. The second-order valence-corrected chi connectivity index (χ2v) is 8.07. The molecule has 1 fully saturated rings. The van der Waals surface area contributed by atoms with Crippen LogP contribution < -0.4 is 4.74 Å². The zero-order valence-corrected chi connectivity index (χ0v) is 17.8. The lowest BCUT2D eigenvalue weighted by Gasteiger charge is -2.32. The number of ether oxygens (including phenoxy) is 1. The summed E-state index contributed by atoms with van der Waals surface area (Å²) in [6.07, 6.45) is 2.26. The predicted molar refractivity (Wildman–Crippen MR) is 113 cm³/mol. The highest BCUT2D eigenvalue weighted by atomic mass is 16.5. The first-order chi connectivity index (χ1) is 14.9. The van der Waals surface area contributed by atoms with E-state index in [2.05, 4.69) is 9.97 Å². The Labute approximate surface area is 181 Å². The van der Waals surface area contributed by atoms with Crippen LogP contribution in [0.15, 0.2) is 30.3 Å². The van der Waals surface area contributed by atoms with Gasteiger partial charge in [-0.3, -0.25) is 19.3 Å². The smallest absolute Gasteiger partial charge is 0.317 e. The summed E-state index contributed by atoms with van der Waals surface area (Å²) >= 11 is 0. The van der Waals surface area contributed by atoms with E-state index in [9.17, 15) is 14.4 Å². The number of fused-ring (bicyclic) bond motifs is 1. The minimum atomic E-state index is -0.284. The van der Waals surface area contributed by atoms with Crippen LogP contribution in [-0.4, -0.2) is 63.2 Å². The Kier molecular flexibility index (Phi) is 5.97. The number of nitrogens with zero attached hydrogens (tertiary/aromatic N) is 4. The van der Waals surface area contributed by atoms with Gasteiger partial charge < -0.3 is 9.64 Å². The Balaban J connectivity index is 1.28. The molecule has 1 aromatic carbocycles. The number of carbonyl (C=O) groups is 3. The van der Waals surface area contributed by atoms with E-state index in [1.165, 1.54) is 4.90 Å². The SMILES string of the molecule is Cc1cc(C)nc(OC2CCCN(C(=O)CCCN3C(=O)c4ccccc4C3=O)C2)n1. The molecule has 1 atom stereocenters. The van der Waals surface area contributed by atoms with Crippen molar-refractivity contribution in [1.29, 1.82) is 0 Å². The van der Waals surface area contributed by atoms with Gasteiger partial charge in [0.15, 0.2) is 0 Å². The van der Waals surface area contributed by atoms with Crippen molar-refractivity contribution in [2.75, 3.05) is 19.6 Å². The van der Waals surface area contributed by atoms with E-state index in [1.54, 1.807) is 29.2 Å². The van der Waals surface area contributed by atoms with Crippen molar-refractivity contribution >= 4 is 17.7 Å². The number of hydrogen-bond acceptors (Lipinski definition) is 6. The number of hydrogen-bond donors (Lipinski definition) is 0. The van der Waals surface area contributed by atoms with Gasteiger partial charge in [0.2, 0.25) is 5.91 Å². The summed E-state index contributed by atoms with van der Waals surface area (Å²) in [6, 6.07) is 9.05. The fraction of sp³-hybridized carbons (Fsp3) is 0.435. The first-order valence-corrected chi connectivity index (χ1v) is 10.6. The summed E-state index contributed by atoms with van der Waals surface area (Å²) in [4.78, 5) is 49.2. The van der Waals surface area contributed by atoms with Crippen LogP contribution in [0.5, 0.6) is 6.01 Å². The number of amides is 3. The number of benzene rings is 1. The van der Waals surface area contributed by atoms with E-state index in [1.807, 2.05) is 19.9 Å². The molecule has 3 amide bonds. The van der Waals surface area contributed by atoms with Crippen LogP contribution in [0.2, 0.25) is 0 Å². The summed E-state index contributed by atoms with van der Waals surface area (Å²) < 4.78 is 5.93. The fourth-order valence-electron chi connectivity index (χ4n) is 4.14. The van der Waals surface area contributed by atoms with Crippen LogP contribution in [0, 0.1) is 13.8 Å². The molecule has 0 N–H and O–H groups in total. The minimum Gasteiger partial charge on any atom is -0.458 e. The third-order valence-corrected chi connectivity index (χ3v) is 5.62. The molecule has 0 aliphatic carbocycles. The highest BCUT2D eigenvalue weighted by Gasteiger charge is 2.34. The minimum absolute atomic E-state index is 0.00579. The number of imide groups is 1. The molecule has 2 aliphatic rings. The molecule has 0 spiro atoms. The van der Waals surface area contributed by atoms with Crippen LogP contribution in [0.3, 0.4) is 0 Å². The molecule has 0 saturated carbocycles. The molecule has 0 radical (unpaired) electrons. The maximum Gasteiger partial charge on any atom is 0.317 e. The van der Waals surface area contributed by atoms with Gasteiger partial charge in [-0.15, -0.1) is 0 Å². The van der Waals surface area contributed by atoms with Crippen molar-refractivity contribution in [2.24, 2.45) is 0 Å². The first kappa shape index (κ1) is 21.0. The van der Waals surface area contributed by atoms with Crippen molar-refractivity contribution in [1.82, 2.24) is 19.8 Å². The highest BCUT2D eigenvalue weighted by molar-refractivity contribution is 6.21. The summed E-state index contributed by atoms with van der Waals surface area (Å²) in [7, 11) is 0. The lowest BCUT2D eigenvalue weighted by molar-refractivity contribution is -0.134. The topological polar surface area (TPSA) is 92.7 Å². The second-order valence-electron chi connectivity index (χ2n) is 8.07. The Morgan fingerprint density at radius 3 is 2.39 bits per heavy atom. The average molecular weight is 422 g/mol. The standard InChI is InChI=1S/C23H26N4O4/c1-15-13-16(2)25-23(24-15)31-17-7-5-11-26(14-17)20(28)10-6-12-27-21(29)18-8-3-4-9-19(18)22(27)30/h3-4,8-9,13,17H,5-7,10-12,14H2,1-2H3. The van der Waals surface area contributed by atoms with Crippen molar-refractivity contribution in [2.45, 2.75) is 45.6 Å². The number of aromatic nitrogens is 2. The molecule has 3 heterocycles. The molecule has 1 saturated heterocycles. The molecule has 8 nitrogen and oxygen atoms in total. The molecule has 2 aromatic rings. The van der Waals surface area contributed by atoms with E-state index >= 15 is 0 Å². The van der Waals surface area contributed by atoms with Gasteiger partial charge >= 0.3 is 6.01 Å². The van der Waals surface area contributed by atoms with Crippen molar-refractivity contribution in [3.05, 3.63) is 52.8 Å². The monoisotopic (exact) mass is 422 g/mol. The molecule has 2 aliphatic heterocycles. The van der Waals surface area contributed by atoms with Crippen LogP contribution >= 0.6 is 0 Å². The number of rotatable bonds is 6. The third kappa shape index (κ3) is 4.57. The summed E-state index contributed by atoms with van der Waals surface area (Å²) in [6.45, 7) is 5.20. The molecule has 4 rings (SSSR count). The quantitative estimate of drug-likeness (QED) is 0.665. The Hall–Kier alpha value is -3.29. The van der Waals surface area contributed by atoms with Crippen LogP contribution in [0.4, 0.5) is 0 Å². The Bertz CT molecular complexity index is 967. The maximum absolute atomic E-state index is 12.7. The predicted octanol–water partition coefficient (Wildman–Crippen LogP) is 2.54. The second kappa shape index (κ2) is 8.83. The Morgan fingerprint density at radius 1 is 1.10 bits per heavy atom. The van der Waals surface area contributed by atoms with E-state index in [0.29, 0.717) is 36.6 Å². The molecule has 8 heteroatoms. The maximum atomic E-state index is 12.7. The molecular weight excluding hydrogens is 396 g/mol. The van der Waals surface area contributed by atoms with Crippen molar-refractivity contribution in [3.63, 3.8) is 0 Å². The fourth-order valence-corrected chi connectivity index (χ4v) is 4.14. The number of aryl methyl sites for hydroxylation is 2. The average Bonchev–Trinajstić information content (AvgIpc) is 2.98. The van der Waals surface area contributed by atoms with Gasteiger partial charge in [-0.1, -0.05) is 12.1 Å². The lowest BCUT2D eigenvalue weighted by Crippen LogP contribution is -2.44. The summed E-state index contributed by atoms with van der Waals surface area (Å²) in [5.41, 5.74) is 2.56. The van der Waals surface area contributed by atoms with Gasteiger partial charge in [0, 0.05) is 30.9 Å². The van der Waals surface area contributed by atoms with Gasteiger partial charge in [0.1, 0.15) is 6.10 Å². The van der Waals surface area contributed by atoms with E-state index in [4.69, 9.17) is 4.74 Å². The number of carbonyl (C=O) groups excluding carboxylic acids is 3. The van der Waals surface area contributed by atoms with Crippen molar-refractivity contribution < 1.29 is 19.1 Å². The van der Waals surface area contributed by atoms with Gasteiger partial charge in [-0.25, -0.2) is 9.97 Å². The van der Waals surface area contributed by atoms with Crippen LogP contribution in [0.1, 0.15) is 57.8 Å². The normalized spacial score (nSPS) is 18.3. The highest BCUT2D eigenvalue weighted by Crippen LogP contribution is 2.23. The van der Waals surface area contributed by atoms with E-state index < -0.39 is 0 Å². The van der Waals surface area contributed by atoms with Gasteiger partial charge in [-0.2, -0.15) is 0 Å². The molecule has 1 unspecified atom stereocenters. The molecule has 31 heavy (non-hydrogen) atoms. The number of likely N-dealkylation sites (tertiary alicyclic amines) is 1. The van der Waals surface area contributed by atoms with Crippen molar-refractivity contribution in [3.8, 4) is 6.01 Å². The molecule has 0 bridgehead atoms. The first-order valence-electron chi connectivity index (χ1n) is 10.6. The van der Waals surface area contributed by atoms with E-state index in [-0.39, 0.29) is 36.8 Å². The Morgan fingerprint density at radius 2 is 1.74 bits per heavy atom. The summed E-state index contributed by atoms with van der Waals surface area (Å²) in [5, 5.41) is 0. The summed E-state index contributed by atoms with van der Waals surface area (Å²) in [5.74, 6) is -0.563. The zero-order valence-electron chi connectivity index (χ0n) is 17.8. The molecule has 162 valence electrons. The van der Waals surface area contributed by atoms with Gasteiger partial charge in [0.05, 0.1) is 17.7 Å². The zero-order chi connectivity index (χ0) is 22.0. The largest absolute Gasteiger partial charge is 0.458 e. The van der Waals surface area contributed by atoms with Crippen LogP contribution in [0.25, 0.3) is 0 Å². The number of piperidine rings is 1. The molecule has 1 aromatic heterocycles. The molecular formula is C23H26N4O4. The van der Waals surface area contributed by atoms with Gasteiger partial charge in [0.25, 0.3) is 11.8 Å². The van der Waals surface area contributed by atoms with Gasteiger partial charge in [-0.05, 0) is 51.3 Å². The van der Waals surface area contributed by atoms with E-state index in [0.717, 1.165) is 24.2 Å².